The van der Waals surface area contributed by atoms with Crippen molar-refractivity contribution in [3.8, 4) is 11.3 Å². The van der Waals surface area contributed by atoms with Crippen molar-refractivity contribution in [3.63, 3.8) is 0 Å². The molecule has 8 nitrogen and oxygen atoms in total. The summed E-state index contributed by atoms with van der Waals surface area (Å²) in [5.74, 6) is 1.01. The number of rotatable bonds is 2. The quantitative estimate of drug-likeness (QED) is 0.522. The SMILES string of the molecule is Cc1nc(N2CCC3(CC2)Cc2ncsc2[C@H]3N)c2ccnn2c1-c1cnn(C)c1C. The lowest BCUT2D eigenvalue weighted by Gasteiger charge is -2.42. The van der Waals surface area contributed by atoms with Crippen LogP contribution in [0, 0.1) is 19.3 Å². The zero-order chi connectivity index (χ0) is 21.3. The first-order valence-corrected chi connectivity index (χ1v) is 11.6. The molecule has 6 rings (SSSR count). The third kappa shape index (κ3) is 2.62. The van der Waals surface area contributed by atoms with E-state index >= 15 is 0 Å². The van der Waals surface area contributed by atoms with Gasteiger partial charge < -0.3 is 10.6 Å². The summed E-state index contributed by atoms with van der Waals surface area (Å²) < 4.78 is 3.91. The van der Waals surface area contributed by atoms with E-state index in [1.54, 1.807) is 11.3 Å². The van der Waals surface area contributed by atoms with Gasteiger partial charge in [-0.15, -0.1) is 11.3 Å². The normalized spacial score (nSPS) is 20.1. The molecule has 1 aliphatic carbocycles. The molecule has 2 N–H and O–H groups in total. The number of aryl methyl sites for hydroxylation is 2. The smallest absolute Gasteiger partial charge is 0.155 e. The molecule has 1 fully saturated rings. The second kappa shape index (κ2) is 6.61. The fraction of sp³-hybridized carbons (Fsp3) is 0.455. The summed E-state index contributed by atoms with van der Waals surface area (Å²) in [5.41, 5.74) is 15.2. The zero-order valence-corrected chi connectivity index (χ0v) is 18.9. The number of anilines is 1. The van der Waals surface area contributed by atoms with Crippen molar-refractivity contribution < 1.29 is 0 Å². The molecule has 31 heavy (non-hydrogen) atoms. The number of hydrogen-bond acceptors (Lipinski definition) is 7. The van der Waals surface area contributed by atoms with Gasteiger partial charge in [0.15, 0.2) is 5.82 Å². The Labute approximate surface area is 184 Å². The predicted octanol–water partition coefficient (Wildman–Crippen LogP) is 3.05. The fourth-order valence-electron chi connectivity index (χ4n) is 5.38. The number of nitrogens with zero attached hydrogens (tertiary/aromatic N) is 7. The van der Waals surface area contributed by atoms with Crippen LogP contribution in [0.25, 0.3) is 16.8 Å². The minimum Gasteiger partial charge on any atom is -0.355 e. The van der Waals surface area contributed by atoms with E-state index in [0.29, 0.717) is 0 Å². The lowest BCUT2D eigenvalue weighted by Crippen LogP contribution is -2.44. The average Bonchev–Trinajstić information content (AvgIpc) is 3.53. The summed E-state index contributed by atoms with van der Waals surface area (Å²) in [5, 5.41) is 9.07. The van der Waals surface area contributed by atoms with Gasteiger partial charge in [-0.2, -0.15) is 10.2 Å². The van der Waals surface area contributed by atoms with Crippen molar-refractivity contribution >= 4 is 22.7 Å². The number of hydrogen-bond donors (Lipinski definition) is 1. The molecule has 4 aromatic rings. The molecule has 0 saturated carbocycles. The Morgan fingerprint density at radius 2 is 2.00 bits per heavy atom. The van der Waals surface area contributed by atoms with Crippen molar-refractivity contribution in [3.05, 3.63) is 45.9 Å². The predicted molar refractivity (Wildman–Crippen MR) is 121 cm³/mol. The van der Waals surface area contributed by atoms with E-state index in [-0.39, 0.29) is 11.5 Å². The second-order valence-electron chi connectivity index (χ2n) is 8.93. The highest BCUT2D eigenvalue weighted by Gasteiger charge is 2.47. The third-order valence-corrected chi connectivity index (χ3v) is 8.34. The summed E-state index contributed by atoms with van der Waals surface area (Å²) in [4.78, 5) is 13.3. The van der Waals surface area contributed by atoms with E-state index in [4.69, 9.17) is 10.7 Å². The molecule has 1 spiro atoms. The molecule has 160 valence electrons. The Hall–Kier alpha value is -2.78. The van der Waals surface area contributed by atoms with Crippen LogP contribution in [0.5, 0.6) is 0 Å². The fourth-order valence-corrected chi connectivity index (χ4v) is 6.33. The Balaban J connectivity index is 1.34. The van der Waals surface area contributed by atoms with E-state index < -0.39 is 0 Å². The van der Waals surface area contributed by atoms with E-state index in [1.165, 1.54) is 10.6 Å². The van der Waals surface area contributed by atoms with Gasteiger partial charge in [-0.3, -0.25) is 4.68 Å². The van der Waals surface area contributed by atoms with E-state index in [2.05, 4.69) is 40.0 Å². The van der Waals surface area contributed by atoms with Crippen LogP contribution in [0.1, 0.15) is 40.8 Å². The molecule has 1 saturated heterocycles. The number of thiazole rings is 1. The third-order valence-electron chi connectivity index (χ3n) is 7.38. The first-order valence-electron chi connectivity index (χ1n) is 10.7. The standard InChI is InChI=1S/C22H26N8S/c1-13-18(15-11-26-28(3)14(15)2)30-17(4-7-25-30)21(27-13)29-8-5-22(6-9-29)10-16-19(20(22)23)31-12-24-16/h4,7,11-12,20H,5-6,8-10,23H2,1-3H3/t20-/m1/s1. The van der Waals surface area contributed by atoms with Gasteiger partial charge in [0.05, 0.1) is 35.0 Å². The summed E-state index contributed by atoms with van der Waals surface area (Å²) >= 11 is 1.71. The van der Waals surface area contributed by atoms with Gasteiger partial charge in [-0.25, -0.2) is 14.5 Å². The Bertz CT molecular complexity index is 1290. The molecule has 0 unspecified atom stereocenters. The van der Waals surface area contributed by atoms with E-state index in [1.807, 2.05) is 34.1 Å². The molecule has 9 heteroatoms. The lowest BCUT2D eigenvalue weighted by molar-refractivity contribution is 0.187. The van der Waals surface area contributed by atoms with Gasteiger partial charge in [-0.1, -0.05) is 0 Å². The average molecular weight is 435 g/mol. The van der Waals surface area contributed by atoms with E-state index in [0.717, 1.165) is 66.3 Å². The molecular formula is C22H26N8S. The maximum atomic E-state index is 6.70. The topological polar surface area (TPSA) is 90.2 Å². The molecule has 1 atom stereocenters. The van der Waals surface area contributed by atoms with Crippen molar-refractivity contribution in [2.24, 2.45) is 18.2 Å². The Morgan fingerprint density at radius 3 is 2.71 bits per heavy atom. The van der Waals surface area contributed by atoms with Crippen molar-refractivity contribution in [1.29, 1.82) is 0 Å². The van der Waals surface area contributed by atoms with Gasteiger partial charge in [-0.05, 0) is 44.6 Å². The van der Waals surface area contributed by atoms with Gasteiger partial charge in [0, 0.05) is 42.3 Å². The molecule has 1 aliphatic heterocycles. The highest BCUT2D eigenvalue weighted by Crippen LogP contribution is 2.52. The van der Waals surface area contributed by atoms with Crippen molar-refractivity contribution in [2.75, 3.05) is 18.0 Å². The highest BCUT2D eigenvalue weighted by atomic mass is 32.1. The number of fused-ring (bicyclic) bond motifs is 2. The summed E-state index contributed by atoms with van der Waals surface area (Å²) in [6.07, 6.45) is 6.88. The summed E-state index contributed by atoms with van der Waals surface area (Å²) in [6, 6.07) is 2.17. The molecule has 4 aromatic heterocycles. The van der Waals surface area contributed by atoms with Crippen LogP contribution in [0.15, 0.2) is 24.0 Å². The summed E-state index contributed by atoms with van der Waals surface area (Å²) in [7, 11) is 1.96. The highest BCUT2D eigenvalue weighted by molar-refractivity contribution is 7.09. The van der Waals surface area contributed by atoms with Crippen molar-refractivity contribution in [1.82, 2.24) is 29.4 Å². The maximum Gasteiger partial charge on any atom is 0.155 e. The maximum absolute atomic E-state index is 6.70. The number of piperidine rings is 1. The van der Waals surface area contributed by atoms with Crippen molar-refractivity contribution in [2.45, 2.75) is 39.2 Å². The molecule has 2 aliphatic rings. The Kier molecular flexibility index (Phi) is 4.04. The molecule has 0 radical (unpaired) electrons. The first kappa shape index (κ1) is 18.9. The van der Waals surface area contributed by atoms with Crippen LogP contribution < -0.4 is 10.6 Å². The van der Waals surface area contributed by atoms with Gasteiger partial charge >= 0.3 is 0 Å². The monoisotopic (exact) mass is 434 g/mol. The lowest BCUT2D eigenvalue weighted by atomic mass is 9.74. The molecule has 5 heterocycles. The largest absolute Gasteiger partial charge is 0.355 e. The number of aromatic nitrogens is 6. The van der Waals surface area contributed by atoms with Crippen LogP contribution in [-0.2, 0) is 13.5 Å². The molecule has 0 bridgehead atoms. The summed E-state index contributed by atoms with van der Waals surface area (Å²) in [6.45, 7) is 6.03. The van der Waals surface area contributed by atoms with Crippen LogP contribution >= 0.6 is 11.3 Å². The second-order valence-corrected chi connectivity index (χ2v) is 9.82. The van der Waals surface area contributed by atoms with Crippen LogP contribution in [0.2, 0.25) is 0 Å². The van der Waals surface area contributed by atoms with Gasteiger partial charge in [0.1, 0.15) is 5.52 Å². The minimum absolute atomic E-state index is 0.109. The van der Waals surface area contributed by atoms with Gasteiger partial charge in [0.2, 0.25) is 0 Å². The van der Waals surface area contributed by atoms with E-state index in [9.17, 15) is 0 Å². The zero-order valence-electron chi connectivity index (χ0n) is 18.0. The van der Waals surface area contributed by atoms with Crippen LogP contribution in [0.4, 0.5) is 5.82 Å². The minimum atomic E-state index is 0.109. The first-order chi connectivity index (χ1) is 15.0. The molecular weight excluding hydrogens is 408 g/mol. The van der Waals surface area contributed by atoms with Crippen LogP contribution in [-0.4, -0.2) is 42.5 Å². The van der Waals surface area contributed by atoms with Gasteiger partial charge in [0.25, 0.3) is 0 Å². The molecule has 0 amide bonds. The van der Waals surface area contributed by atoms with Crippen LogP contribution in [0.3, 0.4) is 0 Å². The Morgan fingerprint density at radius 1 is 1.19 bits per heavy atom. The molecule has 0 aromatic carbocycles. The number of nitrogens with two attached hydrogens (primary N) is 1.